The van der Waals surface area contributed by atoms with Gasteiger partial charge in [-0.3, -0.25) is 0 Å². The van der Waals surface area contributed by atoms with Crippen molar-refractivity contribution in [3.63, 3.8) is 0 Å². The van der Waals surface area contributed by atoms with Gasteiger partial charge in [0.15, 0.2) is 0 Å². The molecule has 94 valence electrons. The maximum absolute atomic E-state index is 8.32. The summed E-state index contributed by atoms with van der Waals surface area (Å²) in [5.74, 6) is 1.20. The second-order valence-electron chi connectivity index (χ2n) is 4.80. The number of hydrogen-bond acceptors (Lipinski definition) is 3. The lowest BCUT2D eigenvalue weighted by atomic mass is 9.97. The van der Waals surface area contributed by atoms with Crippen LogP contribution in [0.25, 0.3) is 0 Å². The first-order valence-corrected chi connectivity index (χ1v) is 6.14. The van der Waals surface area contributed by atoms with Gasteiger partial charge in [-0.05, 0) is 18.3 Å². The molecule has 16 heavy (non-hydrogen) atoms. The topological polar surface area (TPSA) is 42.2 Å². The lowest BCUT2D eigenvalue weighted by Gasteiger charge is -2.23. The van der Waals surface area contributed by atoms with E-state index in [4.69, 9.17) is 14.7 Å². The molecule has 0 bridgehead atoms. The average molecular weight is 227 g/mol. The van der Waals surface area contributed by atoms with Crippen LogP contribution in [0, 0.1) is 23.2 Å². The van der Waals surface area contributed by atoms with Crippen LogP contribution < -0.4 is 0 Å². The molecule has 0 spiro atoms. The first-order chi connectivity index (χ1) is 7.57. The van der Waals surface area contributed by atoms with Crippen LogP contribution >= 0.6 is 0 Å². The lowest BCUT2D eigenvalue weighted by molar-refractivity contribution is -0.0229. The summed E-state index contributed by atoms with van der Waals surface area (Å²) in [4.78, 5) is 0. The van der Waals surface area contributed by atoms with E-state index in [9.17, 15) is 0 Å². The Balaban J connectivity index is 3.57. The van der Waals surface area contributed by atoms with Crippen molar-refractivity contribution in [3.05, 3.63) is 0 Å². The van der Waals surface area contributed by atoms with E-state index in [0.717, 1.165) is 6.42 Å². The van der Waals surface area contributed by atoms with Gasteiger partial charge >= 0.3 is 0 Å². The van der Waals surface area contributed by atoms with Gasteiger partial charge in [0.05, 0.1) is 38.4 Å². The largest absolute Gasteiger partial charge is 0.378 e. The van der Waals surface area contributed by atoms with Crippen LogP contribution in [0.1, 0.15) is 40.5 Å². The van der Waals surface area contributed by atoms with Gasteiger partial charge < -0.3 is 9.47 Å². The van der Waals surface area contributed by atoms with Gasteiger partial charge in [-0.1, -0.05) is 27.7 Å². The summed E-state index contributed by atoms with van der Waals surface area (Å²) >= 11 is 0. The minimum Gasteiger partial charge on any atom is -0.378 e. The second-order valence-corrected chi connectivity index (χ2v) is 4.80. The molecule has 0 rings (SSSR count). The van der Waals surface area contributed by atoms with Crippen molar-refractivity contribution in [3.8, 4) is 6.07 Å². The number of ether oxygens (including phenoxy) is 2. The van der Waals surface area contributed by atoms with E-state index in [-0.39, 0.29) is 0 Å². The van der Waals surface area contributed by atoms with Gasteiger partial charge in [0.25, 0.3) is 0 Å². The first-order valence-electron chi connectivity index (χ1n) is 6.14. The molecule has 1 atom stereocenters. The molecule has 0 fully saturated rings. The van der Waals surface area contributed by atoms with E-state index in [1.54, 1.807) is 0 Å². The van der Waals surface area contributed by atoms with Gasteiger partial charge in [-0.25, -0.2) is 0 Å². The highest BCUT2D eigenvalue weighted by molar-refractivity contribution is 4.67. The van der Waals surface area contributed by atoms with E-state index in [2.05, 4.69) is 27.7 Å². The molecular weight excluding hydrogens is 202 g/mol. The molecule has 0 N–H and O–H groups in total. The SMILES string of the molecule is CC(C)CC(OCCOCCC#N)C(C)C. The standard InChI is InChI=1S/C13H25NO2/c1-11(2)10-13(12(3)4)16-9-8-15-7-5-6-14/h11-13H,5,7-10H2,1-4H3. The maximum atomic E-state index is 8.32. The third kappa shape index (κ3) is 8.70. The van der Waals surface area contributed by atoms with Crippen LogP contribution in [-0.4, -0.2) is 25.9 Å². The van der Waals surface area contributed by atoms with E-state index < -0.39 is 0 Å². The normalized spacial score (nSPS) is 13.1. The lowest BCUT2D eigenvalue weighted by Crippen LogP contribution is -2.24. The van der Waals surface area contributed by atoms with E-state index in [1.807, 2.05) is 6.07 Å². The van der Waals surface area contributed by atoms with E-state index in [1.165, 1.54) is 0 Å². The van der Waals surface area contributed by atoms with Crippen LogP contribution in [0.4, 0.5) is 0 Å². The third-order valence-electron chi connectivity index (χ3n) is 2.37. The Morgan fingerprint density at radius 2 is 1.75 bits per heavy atom. The molecular formula is C13H25NO2. The summed E-state index contributed by atoms with van der Waals surface area (Å²) in [6, 6.07) is 2.05. The van der Waals surface area contributed by atoms with Crippen molar-refractivity contribution in [2.75, 3.05) is 19.8 Å². The summed E-state index contributed by atoms with van der Waals surface area (Å²) in [6.07, 6.45) is 1.87. The fraction of sp³-hybridized carbons (Fsp3) is 0.923. The summed E-state index contributed by atoms with van der Waals surface area (Å²) in [7, 11) is 0. The second kappa shape index (κ2) is 9.62. The number of rotatable bonds is 9. The quantitative estimate of drug-likeness (QED) is 0.569. The molecule has 0 aliphatic carbocycles. The summed E-state index contributed by atoms with van der Waals surface area (Å²) in [6.45, 7) is 10.5. The van der Waals surface area contributed by atoms with Crippen LogP contribution in [0.5, 0.6) is 0 Å². The highest BCUT2D eigenvalue weighted by atomic mass is 16.5. The van der Waals surface area contributed by atoms with Crippen LogP contribution in [0.3, 0.4) is 0 Å². The van der Waals surface area contributed by atoms with Crippen molar-refractivity contribution in [1.29, 1.82) is 5.26 Å². The molecule has 0 saturated carbocycles. The van der Waals surface area contributed by atoms with Gasteiger partial charge in [0.1, 0.15) is 0 Å². The Kier molecular flexibility index (Phi) is 9.27. The van der Waals surface area contributed by atoms with Crippen LogP contribution in [-0.2, 0) is 9.47 Å². The summed E-state index contributed by atoms with van der Waals surface area (Å²) in [5.41, 5.74) is 0. The van der Waals surface area contributed by atoms with Crippen molar-refractivity contribution in [2.24, 2.45) is 11.8 Å². The third-order valence-corrected chi connectivity index (χ3v) is 2.37. The predicted octanol–water partition coefficient (Wildman–Crippen LogP) is 3.00. The Labute approximate surface area is 99.7 Å². The molecule has 0 aromatic carbocycles. The minimum atomic E-state index is 0.319. The van der Waals surface area contributed by atoms with Crippen molar-refractivity contribution in [2.45, 2.75) is 46.6 Å². The molecule has 0 aliphatic heterocycles. The Morgan fingerprint density at radius 3 is 2.25 bits per heavy atom. The van der Waals surface area contributed by atoms with Crippen molar-refractivity contribution in [1.82, 2.24) is 0 Å². The zero-order valence-corrected chi connectivity index (χ0v) is 11.0. The number of hydrogen-bond donors (Lipinski definition) is 0. The molecule has 3 heteroatoms. The van der Waals surface area contributed by atoms with E-state index in [0.29, 0.717) is 44.2 Å². The molecule has 0 aromatic rings. The highest BCUT2D eigenvalue weighted by Gasteiger charge is 2.15. The fourth-order valence-corrected chi connectivity index (χ4v) is 1.48. The number of nitriles is 1. The van der Waals surface area contributed by atoms with Crippen LogP contribution in [0.2, 0.25) is 0 Å². The Bertz CT molecular complexity index is 197. The smallest absolute Gasteiger partial charge is 0.0704 e. The van der Waals surface area contributed by atoms with Gasteiger partial charge in [-0.2, -0.15) is 5.26 Å². The molecule has 0 radical (unpaired) electrons. The van der Waals surface area contributed by atoms with Crippen molar-refractivity contribution < 1.29 is 9.47 Å². The van der Waals surface area contributed by atoms with Crippen LogP contribution in [0.15, 0.2) is 0 Å². The van der Waals surface area contributed by atoms with Gasteiger partial charge in [0.2, 0.25) is 0 Å². The molecule has 1 unspecified atom stereocenters. The monoisotopic (exact) mass is 227 g/mol. The average Bonchev–Trinajstić information content (AvgIpc) is 2.20. The molecule has 3 nitrogen and oxygen atoms in total. The molecule has 0 amide bonds. The summed E-state index contributed by atoms with van der Waals surface area (Å²) in [5, 5.41) is 8.32. The number of nitrogens with zero attached hydrogens (tertiary/aromatic N) is 1. The summed E-state index contributed by atoms with van der Waals surface area (Å²) < 4.78 is 11.0. The Hall–Kier alpha value is -0.590. The molecule has 0 saturated heterocycles. The molecule has 0 heterocycles. The Morgan fingerprint density at radius 1 is 1.06 bits per heavy atom. The zero-order valence-electron chi connectivity index (χ0n) is 11.0. The predicted molar refractivity (Wildman–Crippen MR) is 65.1 cm³/mol. The zero-order chi connectivity index (χ0) is 12.4. The highest BCUT2D eigenvalue weighted by Crippen LogP contribution is 2.16. The van der Waals surface area contributed by atoms with E-state index >= 15 is 0 Å². The fourth-order valence-electron chi connectivity index (χ4n) is 1.48. The first kappa shape index (κ1) is 15.4. The molecule has 0 aliphatic rings. The van der Waals surface area contributed by atoms with Gasteiger partial charge in [-0.15, -0.1) is 0 Å². The maximum Gasteiger partial charge on any atom is 0.0704 e. The minimum absolute atomic E-state index is 0.319. The van der Waals surface area contributed by atoms with Gasteiger partial charge in [0, 0.05) is 0 Å². The van der Waals surface area contributed by atoms with Crippen molar-refractivity contribution >= 4 is 0 Å². The molecule has 0 aromatic heterocycles.